The standard InChI is InChI=1S/C28H25BrFN5O2/c1-18-27(26(34(2)33-18)15-37-14-19-6-4-3-5-7-19)28(22-10-8-20(29)12-23(22)30)35(17-36)21-9-11-24-25(13-21)32-16-31-24/h3-13,16-17,28H,14-15H2,1-2H3,(H,31,32). The number of anilines is 1. The molecule has 7 nitrogen and oxygen atoms in total. The molecular weight excluding hydrogens is 537 g/mol. The Balaban J connectivity index is 1.60. The third-order valence-electron chi connectivity index (χ3n) is 6.37. The van der Waals surface area contributed by atoms with Crippen molar-refractivity contribution in [2.45, 2.75) is 26.2 Å². The zero-order chi connectivity index (χ0) is 25.9. The van der Waals surface area contributed by atoms with E-state index in [9.17, 15) is 4.79 Å². The van der Waals surface area contributed by atoms with Crippen molar-refractivity contribution in [1.82, 2.24) is 19.7 Å². The van der Waals surface area contributed by atoms with Crippen LogP contribution in [0.15, 0.2) is 77.5 Å². The summed E-state index contributed by atoms with van der Waals surface area (Å²) in [6.45, 7) is 2.51. The number of fused-ring (bicyclic) bond motifs is 1. The molecule has 188 valence electrons. The fraction of sp³-hybridized carbons (Fsp3) is 0.179. The Labute approximate surface area is 222 Å². The number of nitrogens with zero attached hydrogens (tertiary/aromatic N) is 4. The number of carbonyl (C=O) groups is 1. The van der Waals surface area contributed by atoms with Crippen LogP contribution >= 0.6 is 15.9 Å². The predicted octanol–water partition coefficient (Wildman–Crippen LogP) is 5.98. The second-order valence-electron chi connectivity index (χ2n) is 8.73. The fourth-order valence-electron chi connectivity index (χ4n) is 4.61. The van der Waals surface area contributed by atoms with Gasteiger partial charge in [0.1, 0.15) is 5.82 Å². The maximum absolute atomic E-state index is 15.5. The summed E-state index contributed by atoms with van der Waals surface area (Å²) >= 11 is 3.34. The number of rotatable bonds is 9. The molecule has 0 radical (unpaired) electrons. The molecule has 0 aliphatic rings. The molecule has 1 unspecified atom stereocenters. The molecule has 0 bridgehead atoms. The lowest BCUT2D eigenvalue weighted by Crippen LogP contribution is -2.30. The minimum absolute atomic E-state index is 0.239. The Bertz CT molecular complexity index is 1550. The number of ether oxygens (including phenoxy) is 1. The van der Waals surface area contributed by atoms with Crippen molar-refractivity contribution in [1.29, 1.82) is 0 Å². The van der Waals surface area contributed by atoms with Crippen LogP contribution in [-0.4, -0.2) is 26.2 Å². The Hall–Kier alpha value is -3.82. The predicted molar refractivity (Wildman–Crippen MR) is 143 cm³/mol. The third kappa shape index (κ3) is 5.05. The minimum Gasteiger partial charge on any atom is -0.370 e. The number of halogens is 2. The van der Waals surface area contributed by atoms with Crippen molar-refractivity contribution >= 4 is 39.1 Å². The second kappa shape index (κ2) is 10.7. The van der Waals surface area contributed by atoms with Gasteiger partial charge in [-0.3, -0.25) is 9.48 Å². The van der Waals surface area contributed by atoms with Crippen molar-refractivity contribution < 1.29 is 13.9 Å². The van der Waals surface area contributed by atoms with Crippen LogP contribution in [0.4, 0.5) is 10.1 Å². The first kappa shape index (κ1) is 24.9. The van der Waals surface area contributed by atoms with E-state index in [-0.39, 0.29) is 6.61 Å². The van der Waals surface area contributed by atoms with E-state index in [1.807, 2.05) is 56.4 Å². The highest BCUT2D eigenvalue weighted by Gasteiger charge is 2.32. The molecule has 3 aromatic carbocycles. The van der Waals surface area contributed by atoms with E-state index in [2.05, 4.69) is 31.0 Å². The molecule has 37 heavy (non-hydrogen) atoms. The number of nitrogens with one attached hydrogen (secondary N) is 1. The van der Waals surface area contributed by atoms with Crippen LogP contribution in [0.25, 0.3) is 11.0 Å². The second-order valence-corrected chi connectivity index (χ2v) is 9.65. The van der Waals surface area contributed by atoms with Gasteiger partial charge < -0.3 is 14.6 Å². The monoisotopic (exact) mass is 561 g/mol. The van der Waals surface area contributed by atoms with Crippen LogP contribution in [0.2, 0.25) is 0 Å². The summed E-state index contributed by atoms with van der Waals surface area (Å²) in [6.07, 6.45) is 2.32. The normalized spacial score (nSPS) is 12.1. The highest BCUT2D eigenvalue weighted by Crippen LogP contribution is 2.38. The number of aryl methyl sites for hydroxylation is 2. The van der Waals surface area contributed by atoms with E-state index in [1.165, 1.54) is 11.0 Å². The van der Waals surface area contributed by atoms with E-state index in [0.29, 0.717) is 33.6 Å². The highest BCUT2D eigenvalue weighted by atomic mass is 79.9. The molecule has 0 aliphatic carbocycles. The van der Waals surface area contributed by atoms with Crippen molar-refractivity contribution in [2.24, 2.45) is 7.05 Å². The third-order valence-corrected chi connectivity index (χ3v) is 6.86. The molecule has 1 N–H and O–H groups in total. The number of H-pyrrole nitrogens is 1. The van der Waals surface area contributed by atoms with E-state index in [1.54, 1.807) is 29.2 Å². The van der Waals surface area contributed by atoms with Gasteiger partial charge in [0.25, 0.3) is 0 Å². The Kier molecular flexibility index (Phi) is 7.16. The molecule has 5 rings (SSSR count). The summed E-state index contributed by atoms with van der Waals surface area (Å²) in [5.74, 6) is -0.437. The van der Waals surface area contributed by atoms with Crippen molar-refractivity contribution in [2.75, 3.05) is 4.90 Å². The highest BCUT2D eigenvalue weighted by molar-refractivity contribution is 9.10. The molecule has 5 aromatic rings. The lowest BCUT2D eigenvalue weighted by Gasteiger charge is -2.30. The summed E-state index contributed by atoms with van der Waals surface area (Å²) in [4.78, 5) is 21.5. The van der Waals surface area contributed by atoms with Gasteiger partial charge in [-0.25, -0.2) is 9.37 Å². The first-order chi connectivity index (χ1) is 18.0. The molecule has 9 heteroatoms. The number of imidazole rings is 1. The molecule has 0 saturated heterocycles. The number of hydrogen-bond donors (Lipinski definition) is 1. The zero-order valence-corrected chi connectivity index (χ0v) is 21.9. The zero-order valence-electron chi connectivity index (χ0n) is 20.4. The van der Waals surface area contributed by atoms with Crippen LogP contribution in [0, 0.1) is 12.7 Å². The molecule has 1 amide bonds. The van der Waals surface area contributed by atoms with Gasteiger partial charge in [-0.1, -0.05) is 52.3 Å². The van der Waals surface area contributed by atoms with Gasteiger partial charge >= 0.3 is 0 Å². The van der Waals surface area contributed by atoms with Gasteiger partial charge in [0.05, 0.1) is 48.0 Å². The number of aromatic amines is 1. The summed E-state index contributed by atoms with van der Waals surface area (Å²) < 4.78 is 23.9. The molecule has 1 atom stereocenters. The van der Waals surface area contributed by atoms with Gasteiger partial charge in [-0.05, 0) is 42.8 Å². The maximum Gasteiger partial charge on any atom is 0.214 e. The lowest BCUT2D eigenvalue weighted by atomic mass is 9.94. The average Bonchev–Trinajstić information content (AvgIpc) is 3.47. The number of benzene rings is 3. The molecule has 0 aliphatic heterocycles. The maximum atomic E-state index is 15.5. The first-order valence-electron chi connectivity index (χ1n) is 11.7. The van der Waals surface area contributed by atoms with Crippen LogP contribution < -0.4 is 4.90 Å². The van der Waals surface area contributed by atoms with Crippen LogP contribution in [0.5, 0.6) is 0 Å². The quantitative estimate of drug-likeness (QED) is 0.225. The van der Waals surface area contributed by atoms with E-state index < -0.39 is 11.9 Å². The molecule has 0 spiro atoms. The average molecular weight is 562 g/mol. The van der Waals surface area contributed by atoms with Gasteiger partial charge in [0, 0.05) is 28.3 Å². The number of amides is 1. The Morgan fingerprint density at radius 1 is 1.14 bits per heavy atom. The number of carbonyl (C=O) groups excluding carboxylic acids is 1. The first-order valence-corrected chi connectivity index (χ1v) is 12.5. The molecule has 0 saturated carbocycles. The van der Waals surface area contributed by atoms with Crippen LogP contribution in [0.1, 0.15) is 34.1 Å². The van der Waals surface area contributed by atoms with Crippen molar-refractivity contribution in [3.05, 3.63) is 111 Å². The van der Waals surface area contributed by atoms with E-state index in [4.69, 9.17) is 4.74 Å². The summed E-state index contributed by atoms with van der Waals surface area (Å²) in [5.41, 5.74) is 5.69. The number of hydrogen-bond acceptors (Lipinski definition) is 4. The van der Waals surface area contributed by atoms with Gasteiger partial charge in [0.15, 0.2) is 0 Å². The minimum atomic E-state index is -0.782. The van der Waals surface area contributed by atoms with Crippen LogP contribution in [-0.2, 0) is 29.8 Å². The molecule has 0 fully saturated rings. The van der Waals surface area contributed by atoms with Crippen molar-refractivity contribution in [3.63, 3.8) is 0 Å². The Morgan fingerprint density at radius 2 is 1.95 bits per heavy atom. The number of aromatic nitrogens is 4. The van der Waals surface area contributed by atoms with Gasteiger partial charge in [-0.2, -0.15) is 5.10 Å². The van der Waals surface area contributed by atoms with Gasteiger partial charge in [0.2, 0.25) is 6.41 Å². The van der Waals surface area contributed by atoms with Crippen molar-refractivity contribution in [3.8, 4) is 0 Å². The SMILES string of the molecule is Cc1nn(C)c(COCc2ccccc2)c1C(c1ccc(Br)cc1F)N(C=O)c1ccc2nc[nH]c2c1. The summed E-state index contributed by atoms with van der Waals surface area (Å²) in [7, 11) is 1.83. The summed E-state index contributed by atoms with van der Waals surface area (Å²) in [5, 5.41) is 4.63. The van der Waals surface area contributed by atoms with Gasteiger partial charge in [-0.15, -0.1) is 0 Å². The van der Waals surface area contributed by atoms with E-state index >= 15 is 4.39 Å². The van der Waals surface area contributed by atoms with E-state index in [0.717, 1.165) is 28.7 Å². The topological polar surface area (TPSA) is 76.0 Å². The molecular formula is C28H25BrFN5O2. The molecule has 2 aromatic heterocycles. The molecule has 2 heterocycles. The Morgan fingerprint density at radius 3 is 2.70 bits per heavy atom. The van der Waals surface area contributed by atoms with Crippen LogP contribution in [0.3, 0.4) is 0 Å². The fourth-order valence-corrected chi connectivity index (χ4v) is 4.94. The lowest BCUT2D eigenvalue weighted by molar-refractivity contribution is -0.107. The largest absolute Gasteiger partial charge is 0.370 e. The summed E-state index contributed by atoms with van der Waals surface area (Å²) in [6, 6.07) is 19.4. The smallest absolute Gasteiger partial charge is 0.214 e.